The predicted molar refractivity (Wildman–Crippen MR) is 124 cm³/mol. The van der Waals surface area contributed by atoms with E-state index in [1.807, 2.05) is 6.92 Å². The third-order valence-electron chi connectivity index (χ3n) is 6.18. The van der Waals surface area contributed by atoms with Crippen LogP contribution in [0.2, 0.25) is 0 Å². The SMILES string of the molecule is CCn1cc(O)n(CCC(C)(C)CCCCOCCCCC(C)(C)CCC(=O)O)c1=O. The maximum atomic E-state index is 12.2. The van der Waals surface area contributed by atoms with Gasteiger partial charge in [0.25, 0.3) is 0 Å². The molecule has 0 aliphatic rings. The topological polar surface area (TPSA) is 93.7 Å². The number of carboxylic acid groups (broad SMARTS) is 1. The molecule has 0 spiro atoms. The summed E-state index contributed by atoms with van der Waals surface area (Å²) in [4.78, 5) is 22.9. The summed E-state index contributed by atoms with van der Waals surface area (Å²) in [6, 6.07) is 0. The summed E-state index contributed by atoms with van der Waals surface area (Å²) in [5, 5.41) is 18.8. The van der Waals surface area contributed by atoms with Crippen LogP contribution in [0.5, 0.6) is 5.88 Å². The normalized spacial score (nSPS) is 12.4. The van der Waals surface area contributed by atoms with Gasteiger partial charge < -0.3 is 14.9 Å². The molecule has 0 aliphatic carbocycles. The van der Waals surface area contributed by atoms with Crippen LogP contribution in [0.15, 0.2) is 11.0 Å². The molecule has 1 rings (SSSR count). The van der Waals surface area contributed by atoms with E-state index < -0.39 is 5.97 Å². The predicted octanol–water partition coefficient (Wildman–Crippen LogP) is 5.04. The average molecular weight is 441 g/mol. The fourth-order valence-electron chi connectivity index (χ4n) is 3.78. The first kappa shape index (κ1) is 27.3. The Bertz CT molecular complexity index is 718. The zero-order valence-corrected chi connectivity index (χ0v) is 20.3. The lowest BCUT2D eigenvalue weighted by molar-refractivity contribution is -0.137. The molecule has 0 saturated carbocycles. The van der Waals surface area contributed by atoms with Gasteiger partial charge in [-0.2, -0.15) is 0 Å². The molecule has 0 aliphatic heterocycles. The first-order valence-electron chi connectivity index (χ1n) is 11.8. The molecule has 0 radical (unpaired) electrons. The number of imidazole rings is 1. The van der Waals surface area contributed by atoms with Crippen LogP contribution >= 0.6 is 0 Å². The minimum atomic E-state index is -0.720. The van der Waals surface area contributed by atoms with Gasteiger partial charge in [0, 0.05) is 32.7 Å². The van der Waals surface area contributed by atoms with Crippen molar-refractivity contribution >= 4 is 5.97 Å². The molecule has 1 heterocycles. The molecule has 0 unspecified atom stereocenters. The average Bonchev–Trinajstić information content (AvgIpc) is 2.96. The zero-order valence-electron chi connectivity index (χ0n) is 20.3. The van der Waals surface area contributed by atoms with Crippen molar-refractivity contribution < 1.29 is 19.7 Å². The molecule has 0 bridgehead atoms. The first-order chi connectivity index (χ1) is 14.5. The zero-order chi connectivity index (χ0) is 23.5. The van der Waals surface area contributed by atoms with Crippen LogP contribution in [0.25, 0.3) is 0 Å². The number of carboxylic acids is 1. The highest BCUT2D eigenvalue weighted by Crippen LogP contribution is 2.29. The third kappa shape index (κ3) is 10.9. The van der Waals surface area contributed by atoms with E-state index >= 15 is 0 Å². The summed E-state index contributed by atoms with van der Waals surface area (Å²) >= 11 is 0. The Morgan fingerprint density at radius 3 is 2.00 bits per heavy atom. The number of aryl methyl sites for hydroxylation is 1. The minimum absolute atomic E-state index is 0.0429. The third-order valence-corrected chi connectivity index (χ3v) is 6.18. The number of nitrogens with zero attached hydrogens (tertiary/aromatic N) is 2. The Balaban J connectivity index is 2.13. The van der Waals surface area contributed by atoms with Crippen LogP contribution in [-0.4, -0.2) is 38.5 Å². The molecular formula is C24H44N2O5. The lowest BCUT2D eigenvalue weighted by Gasteiger charge is -2.24. The number of hydrogen-bond acceptors (Lipinski definition) is 4. The van der Waals surface area contributed by atoms with Gasteiger partial charge in [0.05, 0.1) is 6.20 Å². The van der Waals surface area contributed by atoms with E-state index in [4.69, 9.17) is 9.84 Å². The number of rotatable bonds is 17. The molecule has 1 aromatic rings. The van der Waals surface area contributed by atoms with Crippen LogP contribution in [0.1, 0.15) is 92.4 Å². The van der Waals surface area contributed by atoms with E-state index in [0.29, 0.717) is 13.1 Å². The molecule has 0 atom stereocenters. The summed E-state index contributed by atoms with van der Waals surface area (Å²) in [6.07, 6.45) is 9.55. The highest BCUT2D eigenvalue weighted by atomic mass is 16.5. The first-order valence-corrected chi connectivity index (χ1v) is 11.8. The number of unbranched alkanes of at least 4 members (excludes halogenated alkanes) is 2. The molecule has 1 aromatic heterocycles. The Kier molecular flexibility index (Phi) is 11.4. The van der Waals surface area contributed by atoms with Crippen molar-refractivity contribution in [2.75, 3.05) is 13.2 Å². The Hall–Kier alpha value is -1.76. The molecule has 0 amide bonds. The van der Waals surface area contributed by atoms with E-state index in [0.717, 1.165) is 64.6 Å². The summed E-state index contributed by atoms with van der Waals surface area (Å²) in [5.41, 5.74) is 0.0294. The van der Waals surface area contributed by atoms with Gasteiger partial charge in [0.15, 0.2) is 0 Å². The highest BCUT2D eigenvalue weighted by Gasteiger charge is 2.20. The second-order valence-electron chi connectivity index (χ2n) is 10.2. The monoisotopic (exact) mass is 440 g/mol. The van der Waals surface area contributed by atoms with Crippen LogP contribution in [0, 0.1) is 10.8 Å². The number of aromatic nitrogens is 2. The molecule has 0 fully saturated rings. The van der Waals surface area contributed by atoms with E-state index in [1.165, 1.54) is 15.3 Å². The molecule has 31 heavy (non-hydrogen) atoms. The molecule has 0 saturated heterocycles. The summed E-state index contributed by atoms with van der Waals surface area (Å²) < 4.78 is 8.74. The quantitative estimate of drug-likeness (QED) is 0.331. The summed E-state index contributed by atoms with van der Waals surface area (Å²) in [5.74, 6) is -0.677. The van der Waals surface area contributed by atoms with Crippen LogP contribution in [0.3, 0.4) is 0 Å². The Morgan fingerprint density at radius 1 is 0.968 bits per heavy atom. The number of hydrogen-bond donors (Lipinski definition) is 2. The molecule has 7 heteroatoms. The summed E-state index contributed by atoms with van der Waals surface area (Å²) in [7, 11) is 0. The molecule has 2 N–H and O–H groups in total. The second-order valence-corrected chi connectivity index (χ2v) is 10.2. The van der Waals surface area contributed by atoms with Gasteiger partial charge >= 0.3 is 11.7 Å². The lowest BCUT2D eigenvalue weighted by atomic mass is 9.83. The van der Waals surface area contributed by atoms with Crippen LogP contribution in [0.4, 0.5) is 0 Å². The molecular weight excluding hydrogens is 396 g/mol. The smallest absolute Gasteiger partial charge is 0.331 e. The van der Waals surface area contributed by atoms with Gasteiger partial charge in [-0.3, -0.25) is 13.9 Å². The standard InChI is InChI=1S/C24H44N2O5/c1-6-25-19-20(27)26(22(25)30)16-15-24(4,5)13-8-10-18-31-17-9-7-12-23(2,3)14-11-21(28)29/h19,27H,6-18H2,1-5H3,(H,28,29). The van der Waals surface area contributed by atoms with Crippen molar-refractivity contribution in [1.29, 1.82) is 0 Å². The number of carbonyl (C=O) groups is 1. The van der Waals surface area contributed by atoms with E-state index in [-0.39, 0.29) is 28.8 Å². The van der Waals surface area contributed by atoms with Crippen molar-refractivity contribution in [1.82, 2.24) is 9.13 Å². The van der Waals surface area contributed by atoms with Gasteiger partial charge in [0.2, 0.25) is 5.88 Å². The van der Waals surface area contributed by atoms with Gasteiger partial charge in [-0.1, -0.05) is 40.5 Å². The van der Waals surface area contributed by atoms with E-state index in [2.05, 4.69) is 27.7 Å². The lowest BCUT2D eigenvalue weighted by Crippen LogP contribution is -2.26. The highest BCUT2D eigenvalue weighted by molar-refractivity contribution is 5.66. The number of ether oxygens (including phenoxy) is 1. The minimum Gasteiger partial charge on any atom is -0.493 e. The Labute approximate surface area is 187 Å². The van der Waals surface area contributed by atoms with Crippen LogP contribution in [-0.2, 0) is 22.6 Å². The van der Waals surface area contributed by atoms with Crippen molar-refractivity contribution in [2.24, 2.45) is 10.8 Å². The van der Waals surface area contributed by atoms with E-state index in [1.54, 1.807) is 0 Å². The van der Waals surface area contributed by atoms with Gasteiger partial charge in [-0.05, 0) is 56.3 Å². The van der Waals surface area contributed by atoms with Crippen molar-refractivity contribution in [3.63, 3.8) is 0 Å². The number of aromatic hydroxyl groups is 1. The maximum absolute atomic E-state index is 12.2. The largest absolute Gasteiger partial charge is 0.493 e. The maximum Gasteiger partial charge on any atom is 0.331 e. The number of aliphatic carboxylic acids is 1. The van der Waals surface area contributed by atoms with Crippen LogP contribution < -0.4 is 5.69 Å². The molecule has 7 nitrogen and oxygen atoms in total. The van der Waals surface area contributed by atoms with E-state index in [9.17, 15) is 14.7 Å². The van der Waals surface area contributed by atoms with Gasteiger partial charge in [0.1, 0.15) is 0 Å². The second kappa shape index (κ2) is 12.9. The van der Waals surface area contributed by atoms with Crippen molar-refractivity contribution in [2.45, 2.75) is 105 Å². The molecule has 180 valence electrons. The van der Waals surface area contributed by atoms with Crippen molar-refractivity contribution in [3.8, 4) is 5.88 Å². The van der Waals surface area contributed by atoms with Crippen molar-refractivity contribution in [3.05, 3.63) is 16.7 Å². The fraction of sp³-hybridized carbons (Fsp3) is 0.833. The fourth-order valence-corrected chi connectivity index (χ4v) is 3.78. The Morgan fingerprint density at radius 2 is 1.52 bits per heavy atom. The molecule has 0 aromatic carbocycles. The van der Waals surface area contributed by atoms with Gasteiger partial charge in [-0.25, -0.2) is 4.79 Å². The summed E-state index contributed by atoms with van der Waals surface area (Å²) in [6.45, 7) is 13.2. The van der Waals surface area contributed by atoms with Gasteiger partial charge in [-0.15, -0.1) is 0 Å².